The van der Waals surface area contributed by atoms with E-state index in [4.69, 9.17) is 4.74 Å². The Labute approximate surface area is 211 Å². The highest BCUT2D eigenvalue weighted by Crippen LogP contribution is 2.41. The smallest absolute Gasteiger partial charge is 0.246 e. The van der Waals surface area contributed by atoms with Crippen LogP contribution in [0.15, 0.2) is 54.6 Å². The van der Waals surface area contributed by atoms with Crippen molar-refractivity contribution in [3.05, 3.63) is 60.2 Å². The molecule has 0 aromatic heterocycles. The molecule has 0 spiro atoms. The van der Waals surface area contributed by atoms with Gasteiger partial charge in [-0.15, -0.1) is 0 Å². The van der Waals surface area contributed by atoms with Crippen molar-refractivity contribution in [2.24, 2.45) is 0 Å². The predicted molar refractivity (Wildman–Crippen MR) is 135 cm³/mol. The number of hydrogen-bond acceptors (Lipinski definition) is 6. The summed E-state index contributed by atoms with van der Waals surface area (Å²) in [7, 11) is 5.27. The van der Waals surface area contributed by atoms with Crippen LogP contribution in [0.4, 0.5) is 5.69 Å². The molecular weight excluding hydrogens is 460 g/mol. The Balaban J connectivity index is 1.58. The fourth-order valence-corrected chi connectivity index (χ4v) is 4.85. The van der Waals surface area contributed by atoms with Crippen molar-refractivity contribution in [1.29, 1.82) is 0 Å². The summed E-state index contributed by atoms with van der Waals surface area (Å²) < 4.78 is 5.35. The lowest BCUT2D eigenvalue weighted by Crippen LogP contribution is -2.54. The molecule has 2 aromatic carbocycles. The lowest BCUT2D eigenvalue weighted by molar-refractivity contribution is -0.143. The van der Waals surface area contributed by atoms with Gasteiger partial charge in [0.2, 0.25) is 23.6 Å². The Morgan fingerprint density at radius 1 is 1.00 bits per heavy atom. The summed E-state index contributed by atoms with van der Waals surface area (Å²) in [4.78, 5) is 59.5. The molecule has 2 aliphatic rings. The highest BCUT2D eigenvalue weighted by molar-refractivity contribution is 6.11. The zero-order valence-electron chi connectivity index (χ0n) is 21.0. The van der Waals surface area contributed by atoms with Crippen LogP contribution in [0.25, 0.3) is 0 Å². The van der Waals surface area contributed by atoms with E-state index in [1.165, 1.54) is 16.9 Å². The van der Waals surface area contributed by atoms with Crippen LogP contribution < -0.4 is 9.64 Å². The minimum atomic E-state index is -1.34. The van der Waals surface area contributed by atoms with Crippen LogP contribution in [-0.4, -0.2) is 92.3 Å². The molecule has 0 radical (unpaired) electrons. The van der Waals surface area contributed by atoms with Crippen molar-refractivity contribution in [3.8, 4) is 5.75 Å². The third-order valence-corrected chi connectivity index (χ3v) is 6.90. The molecule has 190 valence electrons. The molecule has 0 N–H and O–H groups in total. The number of piperazine rings is 1. The first-order valence-corrected chi connectivity index (χ1v) is 12.0. The van der Waals surface area contributed by atoms with E-state index in [2.05, 4.69) is 0 Å². The van der Waals surface area contributed by atoms with Gasteiger partial charge in [0.15, 0.2) is 0 Å². The molecule has 1 atom stereocenters. The van der Waals surface area contributed by atoms with Gasteiger partial charge in [-0.05, 0) is 43.9 Å². The number of methoxy groups -OCH3 is 1. The first-order chi connectivity index (χ1) is 17.2. The minimum Gasteiger partial charge on any atom is -0.497 e. The molecule has 4 amide bonds. The predicted octanol–water partition coefficient (Wildman–Crippen LogP) is 1.52. The second kappa shape index (κ2) is 10.5. The molecule has 2 aromatic rings. The number of carbonyl (C=O) groups is 4. The number of nitrogens with zero attached hydrogens (tertiary/aromatic N) is 4. The number of likely N-dealkylation sites (tertiary alicyclic amines) is 1. The van der Waals surface area contributed by atoms with Crippen LogP contribution in [0.2, 0.25) is 0 Å². The third-order valence-electron chi connectivity index (χ3n) is 6.90. The second-order valence-corrected chi connectivity index (χ2v) is 9.52. The Morgan fingerprint density at radius 2 is 1.75 bits per heavy atom. The normalized spacial score (nSPS) is 20.4. The van der Waals surface area contributed by atoms with Crippen molar-refractivity contribution in [2.75, 3.05) is 58.8 Å². The van der Waals surface area contributed by atoms with Gasteiger partial charge < -0.3 is 19.4 Å². The Kier molecular flexibility index (Phi) is 7.40. The molecule has 0 saturated carbocycles. The maximum absolute atomic E-state index is 13.8. The van der Waals surface area contributed by atoms with Crippen LogP contribution >= 0.6 is 0 Å². The number of hydrogen-bond donors (Lipinski definition) is 0. The summed E-state index contributed by atoms with van der Waals surface area (Å²) in [6.07, 6.45) is -0.294. The zero-order chi connectivity index (χ0) is 25.9. The molecule has 9 heteroatoms. The molecule has 2 fully saturated rings. The van der Waals surface area contributed by atoms with Crippen molar-refractivity contribution in [2.45, 2.75) is 18.3 Å². The number of imide groups is 1. The van der Waals surface area contributed by atoms with Gasteiger partial charge in [0, 0.05) is 44.7 Å². The topological polar surface area (TPSA) is 90.5 Å². The maximum Gasteiger partial charge on any atom is 0.246 e. The Morgan fingerprint density at radius 3 is 2.42 bits per heavy atom. The van der Waals surface area contributed by atoms with Gasteiger partial charge in [0.05, 0.1) is 12.5 Å². The molecule has 9 nitrogen and oxygen atoms in total. The average molecular weight is 493 g/mol. The summed E-state index contributed by atoms with van der Waals surface area (Å²) in [5.74, 6) is -0.655. The molecule has 0 bridgehead atoms. The third kappa shape index (κ3) is 4.97. The molecule has 4 rings (SSSR count). The number of amides is 4. The summed E-state index contributed by atoms with van der Waals surface area (Å²) in [5, 5.41) is 0. The second-order valence-electron chi connectivity index (χ2n) is 9.52. The van der Waals surface area contributed by atoms with E-state index >= 15 is 0 Å². The average Bonchev–Trinajstić information content (AvgIpc) is 3.12. The number of carbonyl (C=O) groups excluding carboxylic acids is 4. The first-order valence-electron chi connectivity index (χ1n) is 12.0. The number of ether oxygens (including phenoxy) is 1. The number of benzene rings is 2. The van der Waals surface area contributed by atoms with Crippen molar-refractivity contribution in [1.82, 2.24) is 14.7 Å². The molecule has 2 saturated heterocycles. The molecule has 2 heterocycles. The monoisotopic (exact) mass is 492 g/mol. The lowest BCUT2D eigenvalue weighted by Gasteiger charge is -2.36. The van der Waals surface area contributed by atoms with Gasteiger partial charge in [0.25, 0.3) is 0 Å². The minimum absolute atomic E-state index is 0.0750. The van der Waals surface area contributed by atoms with Gasteiger partial charge in [-0.1, -0.05) is 30.3 Å². The summed E-state index contributed by atoms with van der Waals surface area (Å²) in [5.41, 5.74) is 0.0138. The summed E-state index contributed by atoms with van der Waals surface area (Å²) in [6.45, 7) is 1.41. The molecule has 0 aliphatic carbocycles. The van der Waals surface area contributed by atoms with Gasteiger partial charge in [-0.3, -0.25) is 24.1 Å². The van der Waals surface area contributed by atoms with Crippen molar-refractivity contribution < 1.29 is 23.9 Å². The van der Waals surface area contributed by atoms with Crippen LogP contribution in [-0.2, 0) is 24.6 Å². The van der Waals surface area contributed by atoms with Crippen molar-refractivity contribution >= 4 is 29.3 Å². The van der Waals surface area contributed by atoms with E-state index in [0.717, 1.165) is 5.69 Å². The van der Waals surface area contributed by atoms with Gasteiger partial charge in [-0.25, -0.2) is 0 Å². The quantitative estimate of drug-likeness (QED) is 0.519. The maximum atomic E-state index is 13.8. The Hall–Kier alpha value is -3.72. The fourth-order valence-electron chi connectivity index (χ4n) is 4.85. The SMILES string of the molecule is COc1cccc([C@@]2(CC(=O)N3CCN(c4ccccc4)C(=O)C3)CC(=O)N(CCN(C)C)C2=O)c1. The number of anilines is 1. The summed E-state index contributed by atoms with van der Waals surface area (Å²) in [6, 6.07) is 16.3. The molecule has 36 heavy (non-hydrogen) atoms. The van der Waals surface area contributed by atoms with E-state index in [1.54, 1.807) is 29.2 Å². The Bertz CT molecular complexity index is 1150. The van der Waals surface area contributed by atoms with Crippen LogP contribution in [0.1, 0.15) is 18.4 Å². The largest absolute Gasteiger partial charge is 0.497 e. The summed E-state index contributed by atoms with van der Waals surface area (Å²) >= 11 is 0. The van der Waals surface area contributed by atoms with Crippen LogP contribution in [0.3, 0.4) is 0 Å². The highest BCUT2D eigenvalue weighted by Gasteiger charge is 2.54. The van der Waals surface area contributed by atoms with E-state index in [0.29, 0.717) is 30.9 Å². The molecule has 0 unspecified atom stereocenters. The first kappa shape index (κ1) is 25.4. The van der Waals surface area contributed by atoms with E-state index < -0.39 is 5.41 Å². The van der Waals surface area contributed by atoms with E-state index in [1.807, 2.05) is 49.3 Å². The standard InChI is InChI=1S/C27H32N4O5/c1-28(2)12-14-31-24(33)18-27(26(31)35,20-8-7-11-22(16-20)36-3)17-23(32)29-13-15-30(25(34)19-29)21-9-5-4-6-10-21/h4-11,16H,12-15,17-19H2,1-3H3/t27-/m1/s1. The number of para-hydroxylation sites is 1. The van der Waals surface area contributed by atoms with E-state index in [9.17, 15) is 19.2 Å². The van der Waals surface area contributed by atoms with Gasteiger partial charge >= 0.3 is 0 Å². The number of rotatable bonds is 8. The number of likely N-dealkylation sites (N-methyl/N-ethyl adjacent to an activating group) is 1. The lowest BCUT2D eigenvalue weighted by atomic mass is 9.75. The van der Waals surface area contributed by atoms with Crippen LogP contribution in [0.5, 0.6) is 5.75 Å². The molecular formula is C27H32N4O5. The van der Waals surface area contributed by atoms with Gasteiger partial charge in [-0.2, -0.15) is 0 Å². The van der Waals surface area contributed by atoms with Crippen molar-refractivity contribution in [3.63, 3.8) is 0 Å². The zero-order valence-corrected chi connectivity index (χ0v) is 21.0. The van der Waals surface area contributed by atoms with Crippen LogP contribution in [0, 0.1) is 0 Å². The van der Waals surface area contributed by atoms with E-state index in [-0.39, 0.29) is 49.6 Å². The fraction of sp³-hybridized carbons (Fsp3) is 0.407. The highest BCUT2D eigenvalue weighted by atomic mass is 16.5. The molecule has 2 aliphatic heterocycles. The van der Waals surface area contributed by atoms with Gasteiger partial charge in [0.1, 0.15) is 12.3 Å².